The summed E-state index contributed by atoms with van der Waals surface area (Å²) >= 11 is 0. The Kier molecular flexibility index (Phi) is 6.06. The van der Waals surface area contributed by atoms with Crippen LogP contribution in [0.1, 0.15) is 36.8 Å². The van der Waals surface area contributed by atoms with Crippen LogP contribution in [0.15, 0.2) is 42.5 Å². The van der Waals surface area contributed by atoms with Crippen molar-refractivity contribution in [2.45, 2.75) is 32.1 Å². The number of para-hydroxylation sites is 1. The Bertz CT molecular complexity index is 838. The molecule has 0 fully saturated rings. The van der Waals surface area contributed by atoms with Crippen molar-refractivity contribution in [3.63, 3.8) is 0 Å². The van der Waals surface area contributed by atoms with Crippen molar-refractivity contribution in [1.29, 1.82) is 0 Å². The number of fused-ring (bicyclic) bond motifs is 1. The maximum Gasteiger partial charge on any atom is 0.228 e. The SMILES string of the molecule is CCOc1ccccc1CCCNC(=O)C1CC(=O)Nc2ccc(F)cc21. The van der Waals surface area contributed by atoms with Crippen LogP contribution in [-0.4, -0.2) is 25.0 Å². The van der Waals surface area contributed by atoms with Gasteiger partial charge in [-0.1, -0.05) is 18.2 Å². The molecule has 0 spiro atoms. The Morgan fingerprint density at radius 2 is 2.11 bits per heavy atom. The molecule has 2 aromatic carbocycles. The van der Waals surface area contributed by atoms with E-state index < -0.39 is 11.7 Å². The lowest BCUT2D eigenvalue weighted by Crippen LogP contribution is -2.35. The fraction of sp³-hybridized carbons (Fsp3) is 0.333. The summed E-state index contributed by atoms with van der Waals surface area (Å²) in [5.74, 6) is -0.718. The topological polar surface area (TPSA) is 67.4 Å². The molecule has 5 nitrogen and oxygen atoms in total. The summed E-state index contributed by atoms with van der Waals surface area (Å²) in [5, 5.41) is 5.55. The third kappa shape index (κ3) is 4.64. The van der Waals surface area contributed by atoms with Crippen LogP contribution in [0.5, 0.6) is 5.75 Å². The molecule has 0 saturated carbocycles. The number of hydrogen-bond donors (Lipinski definition) is 2. The lowest BCUT2D eigenvalue weighted by Gasteiger charge is -2.25. The van der Waals surface area contributed by atoms with E-state index in [0.717, 1.165) is 24.2 Å². The van der Waals surface area contributed by atoms with E-state index in [4.69, 9.17) is 4.74 Å². The molecule has 0 bridgehead atoms. The van der Waals surface area contributed by atoms with Gasteiger partial charge in [0.15, 0.2) is 0 Å². The van der Waals surface area contributed by atoms with E-state index in [2.05, 4.69) is 10.6 Å². The van der Waals surface area contributed by atoms with Crippen LogP contribution in [0.2, 0.25) is 0 Å². The van der Waals surface area contributed by atoms with E-state index in [9.17, 15) is 14.0 Å². The highest BCUT2D eigenvalue weighted by Crippen LogP contribution is 2.32. The number of carbonyl (C=O) groups excluding carboxylic acids is 2. The van der Waals surface area contributed by atoms with Crippen LogP contribution in [0.4, 0.5) is 10.1 Å². The molecule has 0 radical (unpaired) electrons. The van der Waals surface area contributed by atoms with Gasteiger partial charge in [-0.3, -0.25) is 9.59 Å². The zero-order valence-electron chi connectivity index (χ0n) is 15.3. The van der Waals surface area contributed by atoms with E-state index >= 15 is 0 Å². The number of ether oxygens (including phenoxy) is 1. The predicted octanol–water partition coefficient (Wildman–Crippen LogP) is 3.40. The van der Waals surface area contributed by atoms with Crippen LogP contribution in [0.3, 0.4) is 0 Å². The van der Waals surface area contributed by atoms with E-state index in [1.165, 1.54) is 18.2 Å². The molecule has 1 aliphatic rings. The molecule has 142 valence electrons. The van der Waals surface area contributed by atoms with Gasteiger partial charge < -0.3 is 15.4 Å². The summed E-state index contributed by atoms with van der Waals surface area (Å²) < 4.78 is 19.2. The standard InChI is InChI=1S/C21H23FN2O3/c1-2-27-19-8-4-3-6-14(19)7-5-11-23-21(26)17-13-20(25)24-18-10-9-15(22)12-16(17)18/h3-4,6,8-10,12,17H,2,5,7,11,13H2,1H3,(H,23,26)(H,24,25). The summed E-state index contributed by atoms with van der Waals surface area (Å²) in [6, 6.07) is 11.9. The molecule has 0 aliphatic carbocycles. The number of rotatable bonds is 7. The average Bonchev–Trinajstić information content (AvgIpc) is 2.66. The van der Waals surface area contributed by atoms with Gasteiger partial charge in [-0.05, 0) is 55.2 Å². The van der Waals surface area contributed by atoms with Gasteiger partial charge in [-0.15, -0.1) is 0 Å². The van der Waals surface area contributed by atoms with Crippen molar-refractivity contribution in [2.75, 3.05) is 18.5 Å². The molecule has 1 aliphatic heterocycles. The highest BCUT2D eigenvalue weighted by atomic mass is 19.1. The van der Waals surface area contributed by atoms with E-state index in [0.29, 0.717) is 24.4 Å². The molecular formula is C21H23FN2O3. The first kappa shape index (κ1) is 18.9. The average molecular weight is 370 g/mol. The number of aryl methyl sites for hydroxylation is 1. The number of hydrogen-bond acceptors (Lipinski definition) is 3. The molecule has 0 aromatic heterocycles. The molecule has 1 heterocycles. The third-order valence-electron chi connectivity index (χ3n) is 4.56. The van der Waals surface area contributed by atoms with E-state index in [1.54, 1.807) is 0 Å². The Hall–Kier alpha value is -2.89. The minimum absolute atomic E-state index is 0.0233. The number of halogens is 1. The van der Waals surface area contributed by atoms with Crippen molar-refractivity contribution in [2.24, 2.45) is 0 Å². The molecule has 2 N–H and O–H groups in total. The molecule has 27 heavy (non-hydrogen) atoms. The van der Waals surface area contributed by atoms with Gasteiger partial charge in [-0.2, -0.15) is 0 Å². The molecule has 2 amide bonds. The Morgan fingerprint density at radius 3 is 2.93 bits per heavy atom. The second kappa shape index (κ2) is 8.66. The number of anilines is 1. The summed E-state index contributed by atoms with van der Waals surface area (Å²) in [6.45, 7) is 3.02. The summed E-state index contributed by atoms with van der Waals surface area (Å²) in [5.41, 5.74) is 2.12. The quantitative estimate of drug-likeness (QED) is 0.734. The molecule has 2 aromatic rings. The van der Waals surface area contributed by atoms with Crippen molar-refractivity contribution >= 4 is 17.5 Å². The smallest absolute Gasteiger partial charge is 0.228 e. The molecular weight excluding hydrogens is 347 g/mol. The normalized spacial score (nSPS) is 15.6. The third-order valence-corrected chi connectivity index (χ3v) is 4.56. The zero-order chi connectivity index (χ0) is 19.2. The summed E-state index contributed by atoms with van der Waals surface area (Å²) in [6.07, 6.45) is 1.53. The fourth-order valence-electron chi connectivity index (χ4n) is 3.29. The minimum atomic E-state index is -0.667. The van der Waals surface area contributed by atoms with Gasteiger partial charge in [0.25, 0.3) is 0 Å². The van der Waals surface area contributed by atoms with E-state index in [-0.39, 0.29) is 18.2 Å². The van der Waals surface area contributed by atoms with E-state index in [1.807, 2.05) is 31.2 Å². The first-order valence-corrected chi connectivity index (χ1v) is 9.16. The monoisotopic (exact) mass is 370 g/mol. The summed E-state index contributed by atoms with van der Waals surface area (Å²) in [4.78, 5) is 24.4. The van der Waals surface area contributed by atoms with Crippen LogP contribution in [0, 0.1) is 5.82 Å². The van der Waals surface area contributed by atoms with Gasteiger partial charge in [0.1, 0.15) is 11.6 Å². The van der Waals surface area contributed by atoms with Crippen LogP contribution >= 0.6 is 0 Å². The van der Waals surface area contributed by atoms with Crippen molar-refractivity contribution in [3.8, 4) is 5.75 Å². The largest absolute Gasteiger partial charge is 0.494 e. The second-order valence-electron chi connectivity index (χ2n) is 6.47. The van der Waals surface area contributed by atoms with Crippen LogP contribution < -0.4 is 15.4 Å². The predicted molar refractivity (Wildman–Crippen MR) is 101 cm³/mol. The van der Waals surface area contributed by atoms with Crippen LogP contribution in [-0.2, 0) is 16.0 Å². The number of nitrogens with one attached hydrogen (secondary N) is 2. The number of carbonyl (C=O) groups is 2. The Balaban J connectivity index is 1.58. The minimum Gasteiger partial charge on any atom is -0.494 e. The lowest BCUT2D eigenvalue weighted by molar-refractivity contribution is -0.126. The molecule has 1 unspecified atom stereocenters. The maximum atomic E-state index is 13.6. The first-order chi connectivity index (χ1) is 13.1. The first-order valence-electron chi connectivity index (χ1n) is 9.16. The fourth-order valence-corrected chi connectivity index (χ4v) is 3.29. The highest BCUT2D eigenvalue weighted by molar-refractivity contribution is 6.01. The summed E-state index contributed by atoms with van der Waals surface area (Å²) in [7, 11) is 0. The van der Waals surface area contributed by atoms with Crippen molar-refractivity contribution in [1.82, 2.24) is 5.32 Å². The Labute approximate surface area is 157 Å². The Morgan fingerprint density at radius 1 is 1.30 bits per heavy atom. The lowest BCUT2D eigenvalue weighted by atomic mass is 9.89. The van der Waals surface area contributed by atoms with Gasteiger partial charge in [-0.25, -0.2) is 4.39 Å². The number of benzene rings is 2. The van der Waals surface area contributed by atoms with Gasteiger partial charge in [0.05, 0.1) is 12.5 Å². The maximum absolute atomic E-state index is 13.6. The molecule has 1 atom stereocenters. The molecule has 0 saturated heterocycles. The second-order valence-corrected chi connectivity index (χ2v) is 6.47. The highest BCUT2D eigenvalue weighted by Gasteiger charge is 2.30. The van der Waals surface area contributed by atoms with Crippen LogP contribution in [0.25, 0.3) is 0 Å². The van der Waals surface area contributed by atoms with Crippen molar-refractivity contribution in [3.05, 3.63) is 59.4 Å². The zero-order valence-corrected chi connectivity index (χ0v) is 15.3. The van der Waals surface area contributed by atoms with Gasteiger partial charge >= 0.3 is 0 Å². The van der Waals surface area contributed by atoms with Crippen molar-refractivity contribution < 1.29 is 18.7 Å². The van der Waals surface area contributed by atoms with Gasteiger partial charge in [0.2, 0.25) is 11.8 Å². The molecule has 3 rings (SSSR count). The number of amides is 2. The molecule has 6 heteroatoms. The van der Waals surface area contributed by atoms with Gasteiger partial charge in [0, 0.05) is 18.7 Å².